The summed E-state index contributed by atoms with van der Waals surface area (Å²) < 4.78 is 0. The molecule has 208 valence electrons. The van der Waals surface area contributed by atoms with Gasteiger partial charge in [-0.05, 0) is 38.8 Å². The summed E-state index contributed by atoms with van der Waals surface area (Å²) in [5.41, 5.74) is 10.1. The van der Waals surface area contributed by atoms with E-state index in [1.807, 2.05) is 6.92 Å². The number of carbonyl (C=O) groups excluding carboxylic acids is 2. The lowest BCUT2D eigenvalue weighted by Crippen LogP contribution is -2.76. The van der Waals surface area contributed by atoms with Gasteiger partial charge in [-0.25, -0.2) is 0 Å². The van der Waals surface area contributed by atoms with Crippen LogP contribution in [0.25, 0.3) is 0 Å². The first-order valence-electron chi connectivity index (χ1n) is 12.4. The SMILES string of the molecule is CC1CNC[C@@](CN)(NC(=O)CCCC(=O)O)NC(C)N[C@@](CN)(NC(=O)CCCC(=O)O)CNC1. The van der Waals surface area contributed by atoms with Gasteiger partial charge in [0.25, 0.3) is 0 Å². The Kier molecular flexibility index (Phi) is 13.8. The van der Waals surface area contributed by atoms with Crippen molar-refractivity contribution in [2.75, 3.05) is 39.3 Å². The van der Waals surface area contributed by atoms with Crippen LogP contribution in [0.3, 0.4) is 0 Å². The Morgan fingerprint density at radius 3 is 1.50 bits per heavy atom. The minimum absolute atomic E-state index is 0.0387. The van der Waals surface area contributed by atoms with Gasteiger partial charge in [-0.2, -0.15) is 0 Å². The number of carboxylic acids is 2. The van der Waals surface area contributed by atoms with E-state index in [-0.39, 0.29) is 69.3 Å². The average molecular weight is 517 g/mol. The summed E-state index contributed by atoms with van der Waals surface area (Å²) in [5, 5.41) is 36.8. The van der Waals surface area contributed by atoms with Gasteiger partial charge in [0.2, 0.25) is 11.8 Å². The molecule has 0 spiro atoms. The molecule has 0 aromatic carbocycles. The number of carboxylic acid groups (broad SMARTS) is 2. The van der Waals surface area contributed by atoms with Gasteiger partial charge >= 0.3 is 11.9 Å². The molecule has 1 heterocycles. The van der Waals surface area contributed by atoms with Crippen molar-refractivity contribution in [2.24, 2.45) is 17.4 Å². The van der Waals surface area contributed by atoms with Crippen molar-refractivity contribution in [1.29, 1.82) is 0 Å². The third-order valence-corrected chi connectivity index (χ3v) is 5.87. The Labute approximate surface area is 212 Å². The highest BCUT2D eigenvalue weighted by atomic mass is 16.4. The maximum absolute atomic E-state index is 12.6. The second-order valence-electron chi connectivity index (χ2n) is 9.54. The lowest BCUT2D eigenvalue weighted by molar-refractivity contribution is -0.138. The van der Waals surface area contributed by atoms with Crippen LogP contribution in [0.4, 0.5) is 0 Å². The van der Waals surface area contributed by atoms with Crippen LogP contribution in [0, 0.1) is 5.92 Å². The highest BCUT2D eigenvalue weighted by molar-refractivity contribution is 5.78. The molecule has 14 nitrogen and oxygen atoms in total. The maximum atomic E-state index is 12.6. The molecule has 0 aliphatic carbocycles. The molecule has 12 N–H and O–H groups in total. The quantitative estimate of drug-likeness (QED) is 0.129. The molecule has 0 radical (unpaired) electrons. The third-order valence-electron chi connectivity index (χ3n) is 5.87. The second kappa shape index (κ2) is 15.7. The zero-order chi connectivity index (χ0) is 27.2. The summed E-state index contributed by atoms with van der Waals surface area (Å²) in [5.74, 6) is -2.40. The zero-order valence-electron chi connectivity index (χ0n) is 21.3. The molecule has 1 aliphatic heterocycles. The molecule has 14 heteroatoms. The minimum Gasteiger partial charge on any atom is -0.481 e. The molecule has 2 amide bonds. The van der Waals surface area contributed by atoms with Crippen molar-refractivity contribution in [1.82, 2.24) is 31.9 Å². The first-order valence-corrected chi connectivity index (χ1v) is 12.4. The highest BCUT2D eigenvalue weighted by Crippen LogP contribution is 2.08. The van der Waals surface area contributed by atoms with Gasteiger partial charge in [-0.1, -0.05) is 6.92 Å². The van der Waals surface area contributed by atoms with E-state index < -0.39 is 29.4 Å². The Bertz CT molecular complexity index is 683. The molecular weight excluding hydrogens is 472 g/mol. The number of amides is 2. The van der Waals surface area contributed by atoms with E-state index in [9.17, 15) is 19.2 Å². The van der Waals surface area contributed by atoms with Crippen molar-refractivity contribution >= 4 is 23.8 Å². The van der Waals surface area contributed by atoms with E-state index in [4.69, 9.17) is 21.7 Å². The van der Waals surface area contributed by atoms with Gasteiger partial charge in [0, 0.05) is 51.9 Å². The summed E-state index contributed by atoms with van der Waals surface area (Å²) in [6.07, 6.45) is -0.221. The Morgan fingerprint density at radius 1 is 0.778 bits per heavy atom. The molecule has 1 aliphatic rings. The Hall–Kier alpha value is -2.36. The van der Waals surface area contributed by atoms with Crippen LogP contribution in [0.15, 0.2) is 0 Å². The summed E-state index contributed by atoms with van der Waals surface area (Å²) in [7, 11) is 0. The molecule has 0 aromatic rings. The molecule has 4 atom stereocenters. The smallest absolute Gasteiger partial charge is 0.303 e. The normalized spacial score (nSPS) is 27.8. The predicted octanol–water partition coefficient (Wildman–Crippen LogP) is -2.61. The van der Waals surface area contributed by atoms with Gasteiger partial charge in [0.15, 0.2) is 0 Å². The van der Waals surface area contributed by atoms with E-state index in [0.717, 1.165) is 0 Å². The van der Waals surface area contributed by atoms with Gasteiger partial charge in [0.1, 0.15) is 11.3 Å². The first-order chi connectivity index (χ1) is 16.9. The number of hydrogen-bond donors (Lipinski definition) is 10. The van der Waals surface area contributed by atoms with Crippen molar-refractivity contribution in [2.45, 2.75) is 69.9 Å². The molecular formula is C22H44N8O6. The van der Waals surface area contributed by atoms with Gasteiger partial charge in [0.05, 0.1) is 6.17 Å². The lowest BCUT2D eigenvalue weighted by atomic mass is 10.0. The number of nitrogens with two attached hydrogens (primary N) is 2. The van der Waals surface area contributed by atoms with E-state index in [1.54, 1.807) is 6.92 Å². The second-order valence-corrected chi connectivity index (χ2v) is 9.54. The van der Waals surface area contributed by atoms with Gasteiger partial charge < -0.3 is 42.9 Å². The summed E-state index contributed by atoms with van der Waals surface area (Å²) in [6, 6.07) is 0. The first kappa shape index (κ1) is 31.7. The van der Waals surface area contributed by atoms with E-state index in [0.29, 0.717) is 26.2 Å². The highest BCUT2D eigenvalue weighted by Gasteiger charge is 2.37. The standard InChI is InChI=1S/C22H44N8O6/c1-15-9-25-13-21(11-23,29-17(31)5-3-7-19(33)34)27-16(2)28-22(12-24,14-26-10-15)30-18(32)6-4-8-20(35)36/h15-16,25-28H,3-14,23-24H2,1-2H3,(H,29,31)(H,30,32)(H,33,34)(H,35,36)/t15?,16?,21-,22+. The number of rotatable bonds is 12. The summed E-state index contributed by atoms with van der Waals surface area (Å²) >= 11 is 0. The number of hydrogen-bond acceptors (Lipinski definition) is 10. The molecule has 1 saturated heterocycles. The van der Waals surface area contributed by atoms with Crippen molar-refractivity contribution < 1.29 is 29.4 Å². The van der Waals surface area contributed by atoms with E-state index in [2.05, 4.69) is 31.9 Å². The molecule has 0 bridgehead atoms. The van der Waals surface area contributed by atoms with E-state index in [1.165, 1.54) is 0 Å². The van der Waals surface area contributed by atoms with Crippen LogP contribution in [-0.2, 0) is 19.2 Å². The number of carbonyl (C=O) groups is 4. The Morgan fingerprint density at radius 2 is 1.17 bits per heavy atom. The largest absolute Gasteiger partial charge is 0.481 e. The third kappa shape index (κ3) is 12.1. The maximum Gasteiger partial charge on any atom is 0.303 e. The van der Waals surface area contributed by atoms with Crippen LogP contribution < -0.4 is 43.4 Å². The average Bonchev–Trinajstić information content (AvgIpc) is 2.77. The fraction of sp³-hybridized carbons (Fsp3) is 0.818. The number of aliphatic carboxylic acids is 2. The van der Waals surface area contributed by atoms with Crippen molar-refractivity contribution in [3.63, 3.8) is 0 Å². The summed E-state index contributed by atoms with van der Waals surface area (Å²) in [4.78, 5) is 46.8. The van der Waals surface area contributed by atoms with Gasteiger partial charge in [-0.3, -0.25) is 29.8 Å². The molecule has 0 aromatic heterocycles. The molecule has 2 unspecified atom stereocenters. The predicted molar refractivity (Wildman–Crippen MR) is 133 cm³/mol. The fourth-order valence-corrected chi connectivity index (χ4v) is 4.09. The molecule has 36 heavy (non-hydrogen) atoms. The zero-order valence-corrected chi connectivity index (χ0v) is 21.3. The van der Waals surface area contributed by atoms with Crippen LogP contribution in [-0.4, -0.2) is 90.7 Å². The van der Waals surface area contributed by atoms with Crippen molar-refractivity contribution in [3.8, 4) is 0 Å². The minimum atomic E-state index is -1.05. The van der Waals surface area contributed by atoms with Crippen LogP contribution in [0.1, 0.15) is 52.4 Å². The van der Waals surface area contributed by atoms with Crippen LogP contribution in [0.2, 0.25) is 0 Å². The van der Waals surface area contributed by atoms with Crippen LogP contribution >= 0.6 is 0 Å². The summed E-state index contributed by atoms with van der Waals surface area (Å²) in [6.45, 7) is 5.80. The Balaban J connectivity index is 3.03. The molecule has 1 fully saturated rings. The molecule has 1 rings (SSSR count). The van der Waals surface area contributed by atoms with Crippen LogP contribution in [0.5, 0.6) is 0 Å². The lowest BCUT2D eigenvalue weighted by Gasteiger charge is -2.43. The monoisotopic (exact) mass is 516 g/mol. The molecule has 0 saturated carbocycles. The number of nitrogens with one attached hydrogen (secondary N) is 6. The fourth-order valence-electron chi connectivity index (χ4n) is 4.09. The van der Waals surface area contributed by atoms with E-state index >= 15 is 0 Å². The topological polar surface area (TPSA) is 233 Å². The van der Waals surface area contributed by atoms with Crippen molar-refractivity contribution in [3.05, 3.63) is 0 Å². The van der Waals surface area contributed by atoms with Gasteiger partial charge in [-0.15, -0.1) is 0 Å².